The van der Waals surface area contributed by atoms with Gasteiger partial charge in [-0.05, 0) is 43.2 Å². The van der Waals surface area contributed by atoms with Gasteiger partial charge in [-0.3, -0.25) is 0 Å². The van der Waals surface area contributed by atoms with E-state index in [9.17, 15) is 4.79 Å². The summed E-state index contributed by atoms with van der Waals surface area (Å²) in [7, 11) is 1.44. The van der Waals surface area contributed by atoms with Gasteiger partial charge in [0, 0.05) is 16.9 Å². The maximum absolute atomic E-state index is 10.7. The number of benzene rings is 1. The smallest absolute Gasteiger partial charge is 0.405 e. The fraction of sp³-hybridized carbons (Fsp3) is 0.300. The van der Waals surface area contributed by atoms with E-state index in [0.717, 1.165) is 16.2 Å². The van der Waals surface area contributed by atoms with Crippen LogP contribution in [0.1, 0.15) is 18.0 Å². The van der Waals surface area contributed by atoms with Gasteiger partial charge in [-0.25, -0.2) is 4.79 Å². The molecule has 0 aromatic heterocycles. The first-order valence-corrected chi connectivity index (χ1v) is 7.41. The first kappa shape index (κ1) is 11.6. The Morgan fingerprint density at radius 3 is 3.12 bits per heavy atom. The number of nitrogens with one attached hydrogen (secondary N) is 1. The molecule has 6 heteroatoms. The third-order valence-corrected chi connectivity index (χ3v) is 3.96. The number of carbonyl (C=O) groups is 1. The van der Waals surface area contributed by atoms with Crippen LogP contribution in [-0.2, 0) is 0 Å². The van der Waals surface area contributed by atoms with E-state index in [2.05, 4.69) is 20.1 Å². The van der Waals surface area contributed by atoms with Crippen molar-refractivity contribution >= 4 is 31.1 Å². The van der Waals surface area contributed by atoms with Crippen LogP contribution in [0.2, 0.25) is 0 Å². The van der Waals surface area contributed by atoms with Crippen molar-refractivity contribution in [3.05, 3.63) is 23.8 Å². The Balaban J connectivity index is 2.31. The molecule has 0 saturated heterocycles. The summed E-state index contributed by atoms with van der Waals surface area (Å²) in [5.74, 6) is 0.760. The van der Waals surface area contributed by atoms with Crippen LogP contribution < -0.4 is 10.1 Å². The number of rotatable bonds is 2. The molecule has 1 unspecified atom stereocenters. The summed E-state index contributed by atoms with van der Waals surface area (Å²) in [6, 6.07) is 5.56. The molecule has 0 radical (unpaired) electrons. The summed E-state index contributed by atoms with van der Waals surface area (Å²) in [4.78, 5) is 11.7. The Labute approximate surface area is 105 Å². The molecule has 1 heterocycles. The van der Waals surface area contributed by atoms with Gasteiger partial charge in [0.2, 0.25) is 0 Å². The third kappa shape index (κ3) is 2.44. The molecular weight excluding hydrogens is 294 g/mol. The quantitative estimate of drug-likeness (QED) is 0.881. The summed E-state index contributed by atoms with van der Waals surface area (Å²) < 4.78 is 5.48. The molecule has 86 valence electrons. The second-order valence-electron chi connectivity index (χ2n) is 3.42. The summed E-state index contributed by atoms with van der Waals surface area (Å²) in [6.45, 7) is 0.540. The summed E-state index contributed by atoms with van der Waals surface area (Å²) >= 11 is 3.30. The molecule has 1 aromatic rings. The van der Waals surface area contributed by atoms with E-state index in [1.165, 1.54) is 10.2 Å². The van der Waals surface area contributed by atoms with E-state index < -0.39 is 6.09 Å². The van der Waals surface area contributed by atoms with Crippen LogP contribution in [0.4, 0.5) is 4.79 Å². The number of hydrogen-bond acceptors (Lipinski definition) is 3. The minimum Gasteiger partial charge on any atom is -0.493 e. The van der Waals surface area contributed by atoms with Crippen LogP contribution in [0.25, 0.3) is 0 Å². The van der Waals surface area contributed by atoms with Crippen molar-refractivity contribution < 1.29 is 14.6 Å². The van der Waals surface area contributed by atoms with Crippen molar-refractivity contribution in [3.63, 3.8) is 0 Å². The maximum atomic E-state index is 10.7. The third-order valence-electron chi connectivity index (χ3n) is 2.41. The highest BCUT2D eigenvalue weighted by Crippen LogP contribution is 2.36. The number of halogens is 1. The lowest BCUT2D eigenvalue weighted by molar-refractivity contribution is 0.182. The Bertz CT molecular complexity index is 413. The first-order valence-electron chi connectivity index (χ1n) is 4.75. The molecule has 0 spiro atoms. The molecule has 0 bridgehead atoms. The molecule has 1 aliphatic heterocycles. The Hall–Kier alpha value is -0.880. The van der Waals surface area contributed by atoms with E-state index in [0.29, 0.717) is 13.0 Å². The molecule has 2 N–H and O–H groups in total. The Morgan fingerprint density at radius 1 is 1.62 bits per heavy atom. The van der Waals surface area contributed by atoms with Gasteiger partial charge in [-0.15, -0.1) is 0 Å². The molecule has 2 rings (SSSR count). The van der Waals surface area contributed by atoms with Gasteiger partial charge in [0.05, 0.1) is 12.6 Å². The van der Waals surface area contributed by atoms with Gasteiger partial charge in [0.25, 0.3) is 0 Å². The van der Waals surface area contributed by atoms with E-state index in [1.807, 2.05) is 18.2 Å². The van der Waals surface area contributed by atoms with Crippen LogP contribution in [0.15, 0.2) is 23.1 Å². The molecular formula is C10H10BrNO3S. The fourth-order valence-electron chi connectivity index (χ4n) is 1.72. The number of carboxylic acid groups (broad SMARTS) is 1. The minimum absolute atomic E-state index is 0.180. The van der Waals surface area contributed by atoms with Crippen molar-refractivity contribution in [1.82, 2.24) is 5.32 Å². The van der Waals surface area contributed by atoms with Crippen molar-refractivity contribution in [2.24, 2.45) is 0 Å². The predicted octanol–water partition coefficient (Wildman–Crippen LogP) is 3.18. The average Bonchev–Trinajstić information content (AvgIpc) is 2.28. The van der Waals surface area contributed by atoms with E-state index in [-0.39, 0.29) is 6.04 Å². The van der Waals surface area contributed by atoms with E-state index in [4.69, 9.17) is 9.84 Å². The van der Waals surface area contributed by atoms with Crippen molar-refractivity contribution in [1.29, 1.82) is 0 Å². The second kappa shape index (κ2) is 4.97. The lowest BCUT2D eigenvalue weighted by atomic mass is 10.0. The van der Waals surface area contributed by atoms with Crippen LogP contribution in [0.5, 0.6) is 5.75 Å². The Kier molecular flexibility index (Phi) is 3.60. The maximum Gasteiger partial charge on any atom is 0.405 e. The minimum atomic E-state index is -1.00. The molecule has 1 amide bonds. The normalized spacial score (nSPS) is 18.4. The van der Waals surface area contributed by atoms with Gasteiger partial charge in [-0.1, -0.05) is 0 Å². The molecule has 16 heavy (non-hydrogen) atoms. The molecule has 1 aromatic carbocycles. The zero-order valence-electron chi connectivity index (χ0n) is 8.27. The van der Waals surface area contributed by atoms with Gasteiger partial charge < -0.3 is 15.2 Å². The van der Waals surface area contributed by atoms with Gasteiger partial charge in [0.15, 0.2) is 0 Å². The lowest BCUT2D eigenvalue weighted by Gasteiger charge is -2.26. The largest absolute Gasteiger partial charge is 0.493 e. The summed E-state index contributed by atoms with van der Waals surface area (Å²) in [5, 5.41) is 11.3. The van der Waals surface area contributed by atoms with Gasteiger partial charge in [0.1, 0.15) is 5.75 Å². The molecule has 4 nitrogen and oxygen atoms in total. The van der Waals surface area contributed by atoms with Crippen LogP contribution in [0, 0.1) is 0 Å². The molecule has 1 aliphatic rings. The monoisotopic (exact) mass is 303 g/mol. The average molecular weight is 304 g/mol. The summed E-state index contributed by atoms with van der Waals surface area (Å²) in [5.41, 5.74) is 0.901. The summed E-state index contributed by atoms with van der Waals surface area (Å²) in [6.07, 6.45) is -0.342. The zero-order chi connectivity index (χ0) is 11.5. The topological polar surface area (TPSA) is 58.6 Å². The highest BCUT2D eigenvalue weighted by Gasteiger charge is 2.23. The van der Waals surface area contributed by atoms with E-state index in [1.54, 1.807) is 0 Å². The van der Waals surface area contributed by atoms with Crippen LogP contribution in [-0.4, -0.2) is 17.8 Å². The number of ether oxygens (including phenoxy) is 1. The SMILES string of the molecule is O=C(O)NC1CCOc2ccc(SBr)cc21. The number of hydrogen-bond donors (Lipinski definition) is 2. The zero-order valence-corrected chi connectivity index (χ0v) is 10.7. The fourth-order valence-corrected chi connectivity index (χ4v) is 2.61. The molecule has 0 saturated carbocycles. The van der Waals surface area contributed by atoms with Crippen LogP contribution >= 0.6 is 25.0 Å². The van der Waals surface area contributed by atoms with E-state index >= 15 is 0 Å². The molecule has 1 atom stereocenters. The number of fused-ring (bicyclic) bond motifs is 1. The predicted molar refractivity (Wildman–Crippen MR) is 65.2 cm³/mol. The second-order valence-corrected chi connectivity index (χ2v) is 5.01. The van der Waals surface area contributed by atoms with Crippen molar-refractivity contribution in [2.75, 3.05) is 6.61 Å². The standard InChI is InChI=1S/C10H10BrNO3S/c11-16-6-1-2-9-7(5-6)8(3-4-15-9)12-10(13)14/h1-2,5,8,12H,3-4H2,(H,13,14). The Morgan fingerprint density at radius 2 is 2.44 bits per heavy atom. The van der Waals surface area contributed by atoms with Gasteiger partial charge >= 0.3 is 6.09 Å². The highest BCUT2D eigenvalue weighted by molar-refractivity contribution is 9.50. The number of amides is 1. The highest BCUT2D eigenvalue weighted by atomic mass is 79.9. The van der Waals surface area contributed by atoms with Crippen molar-refractivity contribution in [3.8, 4) is 5.75 Å². The first-order chi connectivity index (χ1) is 7.70. The lowest BCUT2D eigenvalue weighted by Crippen LogP contribution is -2.30. The molecule has 0 aliphatic carbocycles. The van der Waals surface area contributed by atoms with Crippen LogP contribution in [0.3, 0.4) is 0 Å². The molecule has 0 fully saturated rings. The van der Waals surface area contributed by atoms with Gasteiger partial charge in [-0.2, -0.15) is 0 Å². The van der Waals surface area contributed by atoms with Crippen molar-refractivity contribution in [2.45, 2.75) is 17.4 Å².